The minimum absolute atomic E-state index is 0.465. The lowest BCUT2D eigenvalue weighted by Crippen LogP contribution is -2.05. The summed E-state index contributed by atoms with van der Waals surface area (Å²) in [6.45, 7) is 5.98. The van der Waals surface area contributed by atoms with E-state index in [1.54, 1.807) is 13.0 Å². The van der Waals surface area contributed by atoms with Gasteiger partial charge in [0.15, 0.2) is 0 Å². The van der Waals surface area contributed by atoms with Gasteiger partial charge in [-0.2, -0.15) is 18.4 Å². The van der Waals surface area contributed by atoms with Crippen LogP contribution in [0.4, 0.5) is 13.2 Å². The van der Waals surface area contributed by atoms with Crippen molar-refractivity contribution in [1.82, 2.24) is 9.13 Å². The number of hydrogen-bond donors (Lipinski definition) is 0. The maximum Gasteiger partial charge on any atom is 0.416 e. The number of fused-ring (bicyclic) bond motifs is 6. The highest BCUT2D eigenvalue weighted by Crippen LogP contribution is 2.45. The van der Waals surface area contributed by atoms with Crippen molar-refractivity contribution in [2.45, 2.75) is 26.9 Å². The number of hydrogen-bond acceptors (Lipinski definition) is 1. The van der Waals surface area contributed by atoms with Crippen molar-refractivity contribution in [3.8, 4) is 62.0 Å². The van der Waals surface area contributed by atoms with Crippen LogP contribution in [-0.2, 0) is 6.18 Å². The Morgan fingerprint density at radius 1 is 0.400 bits per heavy atom. The molecule has 6 heteroatoms. The van der Waals surface area contributed by atoms with Crippen molar-refractivity contribution in [3.63, 3.8) is 0 Å². The summed E-state index contributed by atoms with van der Waals surface area (Å²) in [6.07, 6.45) is -4.49. The molecule has 2 heterocycles. The van der Waals surface area contributed by atoms with Gasteiger partial charge in [-0.15, -0.1) is 0 Å². The molecule has 0 bridgehead atoms. The lowest BCUT2D eigenvalue weighted by Gasteiger charge is -2.20. The van der Waals surface area contributed by atoms with Crippen molar-refractivity contribution in [1.29, 1.82) is 5.26 Å². The highest BCUT2D eigenvalue weighted by Gasteiger charge is 2.31. The molecule has 11 aromatic rings. The van der Waals surface area contributed by atoms with Crippen LogP contribution >= 0.6 is 0 Å². The normalized spacial score (nSPS) is 11.8. The third kappa shape index (κ3) is 6.59. The third-order valence-electron chi connectivity index (χ3n) is 13.0. The molecule has 0 aliphatic carbocycles. The van der Waals surface area contributed by atoms with Crippen LogP contribution in [0.1, 0.15) is 27.8 Å². The number of nitrogens with zero attached hydrogens (tertiary/aromatic N) is 3. The largest absolute Gasteiger partial charge is 0.416 e. The van der Waals surface area contributed by atoms with Crippen molar-refractivity contribution in [3.05, 3.63) is 216 Å². The van der Waals surface area contributed by atoms with Crippen molar-refractivity contribution in [2.24, 2.45) is 0 Å². The molecular weight excluding hydrogens is 808 g/mol. The van der Waals surface area contributed by atoms with E-state index < -0.39 is 11.7 Å². The molecule has 0 amide bonds. The summed E-state index contributed by atoms with van der Waals surface area (Å²) in [5.41, 5.74) is 15.9. The van der Waals surface area contributed by atoms with Gasteiger partial charge in [-0.1, -0.05) is 109 Å². The van der Waals surface area contributed by atoms with Gasteiger partial charge in [0.25, 0.3) is 0 Å². The van der Waals surface area contributed by atoms with E-state index in [-0.39, 0.29) is 0 Å². The SMILES string of the molecule is Cc1ccccc1-c1ccc2c(c1)c1ccccc1n2-c1ccc(-c2ccc(C(F)(F)F)cc2C)c(-c2cc(C#N)ccc2-n2c3ccccc3c3cc(-c4ccccc4C)ccc32)c1. The predicted octanol–water partition coefficient (Wildman–Crippen LogP) is 16.4. The van der Waals surface area contributed by atoms with Crippen LogP contribution in [-0.4, -0.2) is 9.13 Å². The second-order valence-electron chi connectivity index (χ2n) is 16.9. The van der Waals surface area contributed by atoms with E-state index in [1.807, 2.05) is 36.4 Å². The lowest BCUT2D eigenvalue weighted by atomic mass is 9.89. The smallest absolute Gasteiger partial charge is 0.309 e. The number of benzene rings is 9. The predicted molar refractivity (Wildman–Crippen MR) is 261 cm³/mol. The van der Waals surface area contributed by atoms with Gasteiger partial charge in [0.2, 0.25) is 0 Å². The van der Waals surface area contributed by atoms with E-state index in [0.29, 0.717) is 16.7 Å². The Hall–Kier alpha value is -8.14. The minimum atomic E-state index is -4.49. The Morgan fingerprint density at radius 3 is 1.52 bits per heavy atom. The number of alkyl halides is 3. The van der Waals surface area contributed by atoms with Gasteiger partial charge in [-0.25, -0.2) is 0 Å². The highest BCUT2D eigenvalue weighted by atomic mass is 19.4. The first-order chi connectivity index (χ1) is 31.6. The number of rotatable bonds is 6. The fraction of sp³-hybridized carbons (Fsp3) is 0.0678. The molecule has 0 spiro atoms. The molecule has 2 aromatic heterocycles. The van der Waals surface area contributed by atoms with Gasteiger partial charge in [0.1, 0.15) is 0 Å². The lowest BCUT2D eigenvalue weighted by molar-refractivity contribution is -0.137. The van der Waals surface area contributed by atoms with Crippen LogP contribution in [0, 0.1) is 32.1 Å². The fourth-order valence-corrected chi connectivity index (χ4v) is 9.90. The monoisotopic (exact) mass is 847 g/mol. The van der Waals surface area contributed by atoms with E-state index in [9.17, 15) is 18.4 Å². The third-order valence-corrected chi connectivity index (χ3v) is 13.0. The van der Waals surface area contributed by atoms with Crippen molar-refractivity contribution >= 4 is 43.6 Å². The average molecular weight is 848 g/mol. The van der Waals surface area contributed by atoms with Crippen LogP contribution in [0.2, 0.25) is 0 Å². The van der Waals surface area contributed by atoms with Gasteiger partial charge in [0, 0.05) is 32.8 Å². The molecule has 3 nitrogen and oxygen atoms in total. The molecule has 0 unspecified atom stereocenters. The van der Waals surface area contributed by atoms with Crippen LogP contribution in [0.5, 0.6) is 0 Å². The molecule has 0 fully saturated rings. The van der Waals surface area contributed by atoms with E-state index in [2.05, 4.69) is 163 Å². The standard InChI is InChI=1S/C59H40F3N3/c1-36-12-4-6-14-44(36)40-21-28-56-52(32-40)48-16-8-10-18-54(48)64(56)43-24-26-47(46-25-23-42(30-38(46)3)59(60,61)62)50(34-43)51-31-39(35-63)20-27-57(51)65-55-19-11-9-17-49(55)53-33-41(22-29-58(53)65)45-15-7-5-13-37(45)2/h4-34H,1-3H3. The summed E-state index contributed by atoms with van der Waals surface area (Å²) in [5, 5.41) is 14.8. The Kier molecular flexibility index (Phi) is 9.34. The van der Waals surface area contributed by atoms with Crippen molar-refractivity contribution < 1.29 is 13.2 Å². The number of halogens is 3. The summed E-state index contributed by atoms with van der Waals surface area (Å²) in [6, 6.07) is 65.0. The zero-order valence-electron chi connectivity index (χ0n) is 35.9. The minimum Gasteiger partial charge on any atom is -0.309 e. The first-order valence-electron chi connectivity index (χ1n) is 21.6. The Bertz CT molecular complexity index is 3760. The number of para-hydroxylation sites is 2. The Morgan fingerprint density at radius 2 is 0.938 bits per heavy atom. The van der Waals surface area contributed by atoms with Crippen LogP contribution in [0.15, 0.2) is 188 Å². The van der Waals surface area contributed by atoms with Gasteiger partial charge in [-0.05, 0) is 155 Å². The Balaban J connectivity index is 1.20. The van der Waals surface area contributed by atoms with Crippen LogP contribution in [0.3, 0.4) is 0 Å². The topological polar surface area (TPSA) is 33.6 Å². The molecule has 0 N–H and O–H groups in total. The van der Waals surface area contributed by atoms with Gasteiger partial charge < -0.3 is 9.13 Å². The van der Waals surface area contributed by atoms with Crippen molar-refractivity contribution in [2.75, 3.05) is 0 Å². The average Bonchev–Trinajstić information content (AvgIpc) is 3.83. The molecule has 11 rings (SSSR count). The van der Waals surface area contributed by atoms with Crippen LogP contribution < -0.4 is 0 Å². The molecule has 0 saturated heterocycles. The quantitative estimate of drug-likeness (QED) is 0.164. The molecule has 0 atom stereocenters. The zero-order valence-corrected chi connectivity index (χ0v) is 35.9. The molecule has 9 aromatic carbocycles. The van der Waals surface area contributed by atoms with E-state index >= 15 is 0 Å². The van der Waals surface area contributed by atoms with Gasteiger partial charge in [0.05, 0.1) is 45.0 Å². The van der Waals surface area contributed by atoms with E-state index in [0.717, 1.165) is 94.4 Å². The molecule has 312 valence electrons. The summed E-state index contributed by atoms with van der Waals surface area (Å²) in [4.78, 5) is 0. The molecule has 0 aliphatic heterocycles. The Labute approximate surface area is 374 Å². The first-order valence-corrected chi connectivity index (χ1v) is 21.6. The number of nitriles is 1. The summed E-state index contributed by atoms with van der Waals surface area (Å²) in [7, 11) is 0. The molecule has 65 heavy (non-hydrogen) atoms. The fourth-order valence-electron chi connectivity index (χ4n) is 9.90. The molecule has 0 aliphatic rings. The van der Waals surface area contributed by atoms with Gasteiger partial charge >= 0.3 is 6.18 Å². The van der Waals surface area contributed by atoms with E-state index in [1.165, 1.54) is 22.8 Å². The zero-order chi connectivity index (χ0) is 44.6. The van der Waals surface area contributed by atoms with E-state index in [4.69, 9.17) is 0 Å². The maximum atomic E-state index is 14.1. The highest BCUT2D eigenvalue weighted by molar-refractivity contribution is 6.12. The van der Waals surface area contributed by atoms with Gasteiger partial charge in [-0.3, -0.25) is 0 Å². The second kappa shape index (κ2) is 15.3. The first kappa shape index (κ1) is 39.7. The number of aromatic nitrogens is 2. The second-order valence-corrected chi connectivity index (χ2v) is 16.9. The molecule has 0 saturated carbocycles. The molecular formula is C59H40F3N3. The molecule has 0 radical (unpaired) electrons. The number of aryl methyl sites for hydroxylation is 3. The summed E-state index contributed by atoms with van der Waals surface area (Å²) < 4.78 is 46.8. The van der Waals surface area contributed by atoms with Crippen LogP contribution in [0.25, 0.3) is 99.5 Å². The summed E-state index contributed by atoms with van der Waals surface area (Å²) in [5.74, 6) is 0. The summed E-state index contributed by atoms with van der Waals surface area (Å²) >= 11 is 0. The maximum absolute atomic E-state index is 14.1.